The molecule has 2 aromatic rings. The molecule has 1 amide bonds. The predicted octanol–water partition coefficient (Wildman–Crippen LogP) is 3.51. The summed E-state index contributed by atoms with van der Waals surface area (Å²) in [5, 5.41) is 2.94. The number of amides is 1. The first kappa shape index (κ1) is 14.8. The largest absolute Gasteiger partial charge is 0.330 e. The average molecular weight is 333 g/mol. The minimum Gasteiger partial charge on any atom is -0.330 e. The molecule has 4 heteroatoms. The van der Waals surface area contributed by atoms with Crippen LogP contribution in [0.25, 0.3) is 0 Å². The summed E-state index contributed by atoms with van der Waals surface area (Å²) in [6.45, 7) is 2.51. The van der Waals surface area contributed by atoms with Gasteiger partial charge in [0, 0.05) is 10.0 Å². The van der Waals surface area contributed by atoms with Crippen LogP contribution >= 0.6 is 15.9 Å². The lowest BCUT2D eigenvalue weighted by Crippen LogP contribution is -2.16. The summed E-state index contributed by atoms with van der Waals surface area (Å²) in [5.41, 5.74) is 9.09. The van der Waals surface area contributed by atoms with E-state index in [9.17, 15) is 4.79 Å². The molecule has 0 aliphatic rings. The predicted molar refractivity (Wildman–Crippen MR) is 86.0 cm³/mol. The van der Waals surface area contributed by atoms with Gasteiger partial charge < -0.3 is 11.1 Å². The van der Waals surface area contributed by atoms with E-state index in [4.69, 9.17) is 5.73 Å². The minimum atomic E-state index is -0.111. The van der Waals surface area contributed by atoms with Gasteiger partial charge in [-0.05, 0) is 59.1 Å². The van der Waals surface area contributed by atoms with Gasteiger partial charge in [-0.15, -0.1) is 0 Å². The second-order valence-electron chi connectivity index (χ2n) is 4.59. The van der Waals surface area contributed by atoms with Gasteiger partial charge in [0.15, 0.2) is 0 Å². The molecule has 0 heterocycles. The van der Waals surface area contributed by atoms with Gasteiger partial charge in [-0.2, -0.15) is 0 Å². The molecule has 0 radical (unpaired) electrons. The molecule has 0 aliphatic carbocycles. The van der Waals surface area contributed by atoms with Crippen molar-refractivity contribution in [2.45, 2.75) is 13.3 Å². The van der Waals surface area contributed by atoms with Crippen molar-refractivity contribution in [3.8, 4) is 0 Å². The third kappa shape index (κ3) is 3.26. The highest BCUT2D eigenvalue weighted by Crippen LogP contribution is 2.26. The minimum absolute atomic E-state index is 0.111. The first-order valence-electron chi connectivity index (χ1n) is 6.48. The Bertz CT molecular complexity index is 626. The lowest BCUT2D eigenvalue weighted by atomic mass is 10.0. The lowest BCUT2D eigenvalue weighted by molar-refractivity contribution is 0.102. The Morgan fingerprint density at radius 3 is 2.70 bits per heavy atom. The van der Waals surface area contributed by atoms with Gasteiger partial charge in [-0.3, -0.25) is 4.79 Å². The van der Waals surface area contributed by atoms with Gasteiger partial charge in [0.05, 0.1) is 5.69 Å². The number of nitrogens with one attached hydrogen (secondary N) is 1. The van der Waals surface area contributed by atoms with Gasteiger partial charge in [0.2, 0.25) is 0 Å². The van der Waals surface area contributed by atoms with Crippen LogP contribution in [0.3, 0.4) is 0 Å². The lowest BCUT2D eigenvalue weighted by Gasteiger charge is -2.11. The number of anilines is 1. The Balaban J connectivity index is 2.26. The Morgan fingerprint density at radius 2 is 1.95 bits per heavy atom. The van der Waals surface area contributed by atoms with Crippen molar-refractivity contribution in [1.82, 2.24) is 0 Å². The summed E-state index contributed by atoms with van der Waals surface area (Å²) >= 11 is 3.50. The average Bonchev–Trinajstić information content (AvgIpc) is 2.45. The molecule has 0 spiro atoms. The molecule has 0 saturated carbocycles. The highest BCUT2D eigenvalue weighted by molar-refractivity contribution is 9.10. The molecule has 0 aromatic heterocycles. The van der Waals surface area contributed by atoms with E-state index in [-0.39, 0.29) is 5.91 Å². The first-order valence-corrected chi connectivity index (χ1v) is 7.27. The number of halogens is 1. The topological polar surface area (TPSA) is 55.1 Å². The standard InChI is InChI=1S/C16H17BrN2O/c1-11-5-4-8-14(15(11)17)19-16(20)13-7-3-2-6-12(13)9-10-18/h2-8H,9-10,18H2,1H3,(H,19,20). The van der Waals surface area contributed by atoms with Gasteiger partial charge in [0.25, 0.3) is 5.91 Å². The number of hydrogen-bond acceptors (Lipinski definition) is 2. The SMILES string of the molecule is Cc1cccc(NC(=O)c2ccccc2CCN)c1Br. The van der Waals surface area contributed by atoms with Crippen LogP contribution in [0.2, 0.25) is 0 Å². The number of benzene rings is 2. The molecule has 0 bridgehead atoms. The Hall–Kier alpha value is -1.65. The maximum atomic E-state index is 12.4. The van der Waals surface area contributed by atoms with E-state index in [0.717, 1.165) is 21.3 Å². The fraction of sp³-hybridized carbons (Fsp3) is 0.188. The summed E-state index contributed by atoms with van der Waals surface area (Å²) in [6.07, 6.45) is 0.693. The third-order valence-corrected chi connectivity index (χ3v) is 4.17. The van der Waals surface area contributed by atoms with Gasteiger partial charge in [-0.1, -0.05) is 30.3 Å². The highest BCUT2D eigenvalue weighted by atomic mass is 79.9. The molecule has 2 aromatic carbocycles. The van der Waals surface area contributed by atoms with Crippen molar-refractivity contribution < 1.29 is 4.79 Å². The maximum absolute atomic E-state index is 12.4. The number of rotatable bonds is 4. The molecule has 104 valence electrons. The van der Waals surface area contributed by atoms with Crippen LogP contribution in [0.4, 0.5) is 5.69 Å². The number of carbonyl (C=O) groups is 1. The van der Waals surface area contributed by atoms with E-state index in [1.807, 2.05) is 49.4 Å². The highest BCUT2D eigenvalue weighted by Gasteiger charge is 2.12. The number of hydrogen-bond donors (Lipinski definition) is 2. The second-order valence-corrected chi connectivity index (χ2v) is 5.38. The van der Waals surface area contributed by atoms with E-state index in [1.165, 1.54) is 0 Å². The maximum Gasteiger partial charge on any atom is 0.255 e. The van der Waals surface area contributed by atoms with Crippen molar-refractivity contribution in [2.75, 3.05) is 11.9 Å². The van der Waals surface area contributed by atoms with Crippen molar-refractivity contribution in [2.24, 2.45) is 5.73 Å². The second kappa shape index (κ2) is 6.68. The van der Waals surface area contributed by atoms with Gasteiger partial charge in [0.1, 0.15) is 0 Å². The van der Waals surface area contributed by atoms with E-state index < -0.39 is 0 Å². The smallest absolute Gasteiger partial charge is 0.255 e. The summed E-state index contributed by atoms with van der Waals surface area (Å²) < 4.78 is 0.907. The van der Waals surface area contributed by atoms with Crippen molar-refractivity contribution in [3.63, 3.8) is 0 Å². The summed E-state index contributed by atoms with van der Waals surface area (Å²) in [6, 6.07) is 13.3. The quantitative estimate of drug-likeness (QED) is 0.900. The fourth-order valence-corrected chi connectivity index (χ4v) is 2.41. The molecule has 2 rings (SSSR count). The van der Waals surface area contributed by atoms with Crippen LogP contribution in [0.1, 0.15) is 21.5 Å². The van der Waals surface area contributed by atoms with Crippen LogP contribution in [0.5, 0.6) is 0 Å². The summed E-state index contributed by atoms with van der Waals surface area (Å²) in [5.74, 6) is -0.111. The number of carbonyl (C=O) groups excluding carboxylic acids is 1. The fourth-order valence-electron chi connectivity index (χ4n) is 2.05. The van der Waals surface area contributed by atoms with Crippen molar-refractivity contribution in [1.29, 1.82) is 0 Å². The van der Waals surface area contributed by atoms with Crippen molar-refractivity contribution in [3.05, 3.63) is 63.6 Å². The normalized spacial score (nSPS) is 10.3. The van der Waals surface area contributed by atoms with E-state index in [0.29, 0.717) is 18.5 Å². The van der Waals surface area contributed by atoms with Crippen LogP contribution < -0.4 is 11.1 Å². The zero-order valence-electron chi connectivity index (χ0n) is 11.3. The van der Waals surface area contributed by atoms with E-state index >= 15 is 0 Å². The summed E-state index contributed by atoms with van der Waals surface area (Å²) in [7, 11) is 0. The Labute approximate surface area is 127 Å². The zero-order valence-corrected chi connectivity index (χ0v) is 12.9. The molecule has 3 N–H and O–H groups in total. The number of aryl methyl sites for hydroxylation is 1. The number of nitrogens with two attached hydrogens (primary N) is 1. The molecule has 0 aliphatic heterocycles. The molecular formula is C16H17BrN2O. The Morgan fingerprint density at radius 1 is 1.20 bits per heavy atom. The van der Waals surface area contributed by atoms with Crippen LogP contribution in [-0.4, -0.2) is 12.5 Å². The molecule has 0 atom stereocenters. The van der Waals surface area contributed by atoms with Crippen molar-refractivity contribution >= 4 is 27.5 Å². The first-order chi connectivity index (χ1) is 9.63. The van der Waals surface area contributed by atoms with Crippen LogP contribution in [-0.2, 0) is 6.42 Å². The molecule has 0 fully saturated rings. The molecule has 20 heavy (non-hydrogen) atoms. The molecule has 0 saturated heterocycles. The molecule has 3 nitrogen and oxygen atoms in total. The molecular weight excluding hydrogens is 316 g/mol. The third-order valence-electron chi connectivity index (χ3n) is 3.12. The van der Waals surface area contributed by atoms with E-state index in [2.05, 4.69) is 21.2 Å². The summed E-state index contributed by atoms with van der Waals surface area (Å²) in [4.78, 5) is 12.4. The molecule has 0 unspecified atom stereocenters. The van der Waals surface area contributed by atoms with Crippen LogP contribution in [0, 0.1) is 6.92 Å². The van der Waals surface area contributed by atoms with Gasteiger partial charge in [-0.25, -0.2) is 0 Å². The van der Waals surface area contributed by atoms with E-state index in [1.54, 1.807) is 0 Å². The van der Waals surface area contributed by atoms with Gasteiger partial charge >= 0.3 is 0 Å². The zero-order chi connectivity index (χ0) is 14.5. The Kier molecular flexibility index (Phi) is 4.93. The van der Waals surface area contributed by atoms with Crippen LogP contribution in [0.15, 0.2) is 46.9 Å². The monoisotopic (exact) mass is 332 g/mol.